The maximum absolute atomic E-state index is 12.2. The van der Waals surface area contributed by atoms with Crippen LogP contribution in [0.3, 0.4) is 0 Å². The van der Waals surface area contributed by atoms with E-state index in [0.717, 1.165) is 21.3 Å². The van der Waals surface area contributed by atoms with Gasteiger partial charge in [-0.3, -0.25) is 9.69 Å². The summed E-state index contributed by atoms with van der Waals surface area (Å²) in [6.07, 6.45) is 0. The Labute approximate surface area is 160 Å². The Hall–Kier alpha value is -2.51. The molecule has 7 heteroatoms. The van der Waals surface area contributed by atoms with Crippen molar-refractivity contribution in [3.8, 4) is 11.5 Å². The molecule has 0 bridgehead atoms. The van der Waals surface area contributed by atoms with Crippen LogP contribution in [0.5, 0.6) is 0 Å². The summed E-state index contributed by atoms with van der Waals surface area (Å²) in [5.74, 6) is 0.924. The van der Waals surface area contributed by atoms with Gasteiger partial charge in [0.05, 0.1) is 13.1 Å². The number of hydrogen-bond donors (Lipinski definition) is 1. The Morgan fingerprint density at radius 1 is 1.23 bits per heavy atom. The summed E-state index contributed by atoms with van der Waals surface area (Å²) >= 11 is 3.41. The second-order valence-corrected chi connectivity index (χ2v) is 6.98. The zero-order chi connectivity index (χ0) is 18.5. The predicted octanol–water partition coefficient (Wildman–Crippen LogP) is 3.88. The smallest absolute Gasteiger partial charge is 0.257 e. The molecular formula is C19H19BrN4O2. The normalized spacial score (nSPS) is 10.9. The zero-order valence-electron chi connectivity index (χ0n) is 14.6. The molecule has 1 N–H and O–H groups in total. The molecule has 3 aromatic rings. The molecule has 0 fully saturated rings. The lowest BCUT2D eigenvalue weighted by molar-refractivity contribution is -0.117. The van der Waals surface area contributed by atoms with E-state index < -0.39 is 0 Å². The van der Waals surface area contributed by atoms with Gasteiger partial charge >= 0.3 is 0 Å². The van der Waals surface area contributed by atoms with Crippen LogP contribution in [-0.4, -0.2) is 34.5 Å². The number of nitrogens with one attached hydrogen (secondary N) is 1. The first-order valence-electron chi connectivity index (χ1n) is 8.14. The summed E-state index contributed by atoms with van der Waals surface area (Å²) < 4.78 is 6.27. The fourth-order valence-electron chi connectivity index (χ4n) is 2.52. The van der Waals surface area contributed by atoms with E-state index in [0.29, 0.717) is 18.3 Å². The van der Waals surface area contributed by atoms with Gasteiger partial charge < -0.3 is 9.84 Å². The van der Waals surface area contributed by atoms with Gasteiger partial charge in [0.25, 0.3) is 5.89 Å². The van der Waals surface area contributed by atoms with Gasteiger partial charge in [-0.05, 0) is 49.9 Å². The second kappa shape index (κ2) is 8.25. The van der Waals surface area contributed by atoms with Gasteiger partial charge in [0.15, 0.2) is 5.82 Å². The van der Waals surface area contributed by atoms with Crippen molar-refractivity contribution in [1.82, 2.24) is 15.0 Å². The first kappa shape index (κ1) is 18.3. The third-order valence-corrected chi connectivity index (χ3v) is 4.27. The Bertz CT molecular complexity index is 896. The highest BCUT2D eigenvalue weighted by Gasteiger charge is 2.13. The number of benzene rings is 2. The second-order valence-electron chi connectivity index (χ2n) is 6.06. The molecule has 0 spiro atoms. The number of carbonyl (C=O) groups is 1. The molecule has 0 radical (unpaired) electrons. The lowest BCUT2D eigenvalue weighted by atomic mass is 10.2. The number of anilines is 1. The van der Waals surface area contributed by atoms with Crippen molar-refractivity contribution in [2.75, 3.05) is 18.9 Å². The highest BCUT2D eigenvalue weighted by atomic mass is 79.9. The van der Waals surface area contributed by atoms with E-state index >= 15 is 0 Å². The van der Waals surface area contributed by atoms with E-state index in [-0.39, 0.29) is 12.5 Å². The molecule has 1 heterocycles. The van der Waals surface area contributed by atoms with Crippen LogP contribution in [0, 0.1) is 6.92 Å². The number of halogens is 1. The van der Waals surface area contributed by atoms with Crippen molar-refractivity contribution < 1.29 is 9.32 Å². The van der Waals surface area contributed by atoms with E-state index in [1.165, 1.54) is 0 Å². The van der Waals surface area contributed by atoms with Crippen molar-refractivity contribution in [3.63, 3.8) is 0 Å². The summed E-state index contributed by atoms with van der Waals surface area (Å²) in [7, 11) is 1.84. The number of nitrogens with zero attached hydrogens (tertiary/aromatic N) is 3. The monoisotopic (exact) mass is 414 g/mol. The molecule has 0 saturated heterocycles. The van der Waals surface area contributed by atoms with Crippen molar-refractivity contribution in [2.24, 2.45) is 0 Å². The number of hydrogen-bond acceptors (Lipinski definition) is 5. The lowest BCUT2D eigenvalue weighted by Crippen LogP contribution is -2.30. The molecule has 0 aliphatic carbocycles. The van der Waals surface area contributed by atoms with Crippen LogP contribution in [0.2, 0.25) is 0 Å². The minimum absolute atomic E-state index is 0.0929. The topological polar surface area (TPSA) is 71.3 Å². The molecule has 0 aliphatic rings. The molecule has 3 rings (SSSR count). The quantitative estimate of drug-likeness (QED) is 0.662. The number of carbonyl (C=O) groups excluding carboxylic acids is 1. The molecule has 134 valence electrons. The van der Waals surface area contributed by atoms with Gasteiger partial charge in [-0.25, -0.2) is 0 Å². The summed E-state index contributed by atoms with van der Waals surface area (Å²) in [6, 6.07) is 15.3. The first-order chi connectivity index (χ1) is 12.5. The molecule has 1 aromatic heterocycles. The summed E-state index contributed by atoms with van der Waals surface area (Å²) in [6.45, 7) is 2.60. The Kier molecular flexibility index (Phi) is 5.80. The molecule has 0 unspecified atom stereocenters. The average molecular weight is 415 g/mol. The third kappa shape index (κ3) is 4.77. The van der Waals surface area contributed by atoms with E-state index in [9.17, 15) is 4.79 Å². The number of amides is 1. The fraction of sp³-hybridized carbons (Fsp3) is 0.211. The van der Waals surface area contributed by atoms with Gasteiger partial charge in [0.1, 0.15) is 0 Å². The van der Waals surface area contributed by atoms with Gasteiger partial charge in [-0.15, -0.1) is 0 Å². The van der Waals surface area contributed by atoms with Crippen LogP contribution in [0.25, 0.3) is 11.5 Å². The first-order valence-corrected chi connectivity index (χ1v) is 8.93. The van der Waals surface area contributed by atoms with Crippen molar-refractivity contribution in [3.05, 3.63) is 64.4 Å². The molecule has 0 aliphatic heterocycles. The highest BCUT2D eigenvalue weighted by Crippen LogP contribution is 2.20. The maximum atomic E-state index is 12.2. The van der Waals surface area contributed by atoms with Crippen LogP contribution in [0.15, 0.2) is 57.5 Å². The van der Waals surface area contributed by atoms with Crippen molar-refractivity contribution in [2.45, 2.75) is 13.5 Å². The van der Waals surface area contributed by atoms with Gasteiger partial charge in [0, 0.05) is 15.7 Å². The number of aromatic nitrogens is 2. The third-order valence-electron chi connectivity index (χ3n) is 3.78. The van der Waals surface area contributed by atoms with E-state index in [1.54, 1.807) is 0 Å². The summed E-state index contributed by atoms with van der Waals surface area (Å²) in [5.41, 5.74) is 2.68. The Morgan fingerprint density at radius 2 is 2.00 bits per heavy atom. The molecule has 0 saturated carbocycles. The van der Waals surface area contributed by atoms with Crippen LogP contribution in [0.4, 0.5) is 5.69 Å². The summed E-state index contributed by atoms with van der Waals surface area (Å²) in [5, 5.41) is 6.90. The zero-order valence-corrected chi connectivity index (χ0v) is 16.2. The van der Waals surface area contributed by atoms with Gasteiger partial charge in [-0.1, -0.05) is 39.3 Å². The number of likely N-dealkylation sites (N-methyl/N-ethyl adjacent to an activating group) is 1. The van der Waals surface area contributed by atoms with Crippen molar-refractivity contribution in [1.29, 1.82) is 0 Å². The Morgan fingerprint density at radius 3 is 2.73 bits per heavy atom. The van der Waals surface area contributed by atoms with Crippen LogP contribution >= 0.6 is 15.9 Å². The van der Waals surface area contributed by atoms with Gasteiger partial charge in [0.2, 0.25) is 5.91 Å². The molecular weight excluding hydrogens is 396 g/mol. The standard InChI is InChI=1S/C19H19BrN4O2/c1-13-10-15(20)8-9-16(13)21-18(25)12-24(2)11-17-22-19(26-23-17)14-6-4-3-5-7-14/h3-10H,11-12H2,1-2H3,(H,21,25). The highest BCUT2D eigenvalue weighted by molar-refractivity contribution is 9.10. The van der Waals surface area contributed by atoms with E-state index in [1.807, 2.05) is 67.4 Å². The summed E-state index contributed by atoms with van der Waals surface area (Å²) in [4.78, 5) is 18.5. The SMILES string of the molecule is Cc1cc(Br)ccc1NC(=O)CN(C)Cc1noc(-c2ccccc2)n1. The van der Waals surface area contributed by atoms with Crippen LogP contribution in [-0.2, 0) is 11.3 Å². The lowest BCUT2D eigenvalue weighted by Gasteiger charge is -2.15. The van der Waals surface area contributed by atoms with Crippen molar-refractivity contribution >= 4 is 27.5 Å². The largest absolute Gasteiger partial charge is 0.334 e. The molecule has 1 amide bonds. The minimum atomic E-state index is -0.0929. The maximum Gasteiger partial charge on any atom is 0.257 e. The van der Waals surface area contributed by atoms with E-state index in [2.05, 4.69) is 31.4 Å². The number of rotatable bonds is 6. The molecule has 2 aromatic carbocycles. The molecule has 6 nitrogen and oxygen atoms in total. The van der Waals surface area contributed by atoms with Gasteiger partial charge in [-0.2, -0.15) is 4.98 Å². The molecule has 0 atom stereocenters. The average Bonchev–Trinajstić information content (AvgIpc) is 3.06. The molecule has 26 heavy (non-hydrogen) atoms. The van der Waals surface area contributed by atoms with Crippen LogP contribution < -0.4 is 5.32 Å². The Balaban J connectivity index is 1.56. The van der Waals surface area contributed by atoms with Crippen LogP contribution in [0.1, 0.15) is 11.4 Å². The predicted molar refractivity (Wildman–Crippen MR) is 104 cm³/mol. The van der Waals surface area contributed by atoms with E-state index in [4.69, 9.17) is 4.52 Å². The fourth-order valence-corrected chi connectivity index (χ4v) is 2.99. The minimum Gasteiger partial charge on any atom is -0.334 e. The number of aryl methyl sites for hydroxylation is 1.